The number of rotatable bonds is 1. The number of hydrogen-bond donors (Lipinski definition) is 1. The lowest BCUT2D eigenvalue weighted by Gasteiger charge is -2.11. The summed E-state index contributed by atoms with van der Waals surface area (Å²) in [5, 5.41) is 0. The van der Waals surface area contributed by atoms with Crippen molar-refractivity contribution in [3.63, 3.8) is 0 Å². The van der Waals surface area contributed by atoms with Gasteiger partial charge < -0.3 is 0 Å². The number of aromatic amines is 1. The first-order valence-electron chi connectivity index (χ1n) is 8.08. The summed E-state index contributed by atoms with van der Waals surface area (Å²) in [6.07, 6.45) is 0. The van der Waals surface area contributed by atoms with Crippen molar-refractivity contribution in [2.75, 3.05) is 0 Å². The van der Waals surface area contributed by atoms with Crippen LogP contribution in [0.5, 0.6) is 0 Å². The van der Waals surface area contributed by atoms with E-state index in [-0.39, 0.29) is 0 Å². The maximum absolute atomic E-state index is 12.4. The molecule has 0 atom stereocenters. The molecule has 0 bridgehead atoms. The number of fused-ring (bicyclic) bond motifs is 3. The van der Waals surface area contributed by atoms with E-state index in [0.29, 0.717) is 16.9 Å². The zero-order valence-corrected chi connectivity index (χ0v) is 14.8. The predicted molar refractivity (Wildman–Crippen MR) is 96.8 cm³/mol. The molecule has 0 amide bonds. The molecule has 0 aliphatic carbocycles. The highest BCUT2D eigenvalue weighted by molar-refractivity contribution is 5.77. The highest BCUT2D eigenvalue weighted by Gasteiger charge is 2.21. The zero-order valence-electron chi connectivity index (χ0n) is 14.8. The number of H-pyrrole nitrogens is 1. The van der Waals surface area contributed by atoms with E-state index in [1.54, 1.807) is 7.05 Å². The first-order valence-corrected chi connectivity index (χ1v) is 8.08. The largest absolute Gasteiger partial charge is 0.329 e. The number of nitrogens with zero attached hydrogens (tertiary/aromatic N) is 4. The van der Waals surface area contributed by atoms with E-state index >= 15 is 0 Å². The number of aryl methyl sites for hydroxylation is 4. The minimum Gasteiger partial charge on any atom is -0.282 e. The van der Waals surface area contributed by atoms with Crippen LogP contribution in [0.4, 0.5) is 0 Å². The molecule has 25 heavy (non-hydrogen) atoms. The SMILES string of the molecule is Cc1ccc(C)c(-n2c(C)c(C)n3c4c(=O)[nH]c(=O)n(C)c4nc23)c1. The van der Waals surface area contributed by atoms with Crippen LogP contribution in [-0.4, -0.2) is 23.5 Å². The Morgan fingerprint density at radius 1 is 1.04 bits per heavy atom. The number of benzene rings is 1. The lowest BCUT2D eigenvalue weighted by atomic mass is 10.1. The summed E-state index contributed by atoms with van der Waals surface area (Å²) in [7, 11) is 1.61. The third kappa shape index (κ3) is 1.95. The highest BCUT2D eigenvalue weighted by Crippen LogP contribution is 2.26. The molecule has 4 aromatic rings. The Bertz CT molecular complexity index is 1280. The fourth-order valence-electron chi connectivity index (χ4n) is 3.36. The lowest BCUT2D eigenvalue weighted by molar-refractivity contribution is 0.830. The molecule has 0 spiro atoms. The molecular weight excluding hydrogens is 318 g/mol. The van der Waals surface area contributed by atoms with Crippen molar-refractivity contribution in [3.05, 3.63) is 61.6 Å². The smallest absolute Gasteiger partial charge is 0.282 e. The summed E-state index contributed by atoms with van der Waals surface area (Å²) in [6, 6.07) is 6.24. The van der Waals surface area contributed by atoms with Crippen LogP contribution in [0, 0.1) is 27.7 Å². The third-order valence-electron chi connectivity index (χ3n) is 4.90. The van der Waals surface area contributed by atoms with Crippen LogP contribution in [0.2, 0.25) is 0 Å². The van der Waals surface area contributed by atoms with Crippen molar-refractivity contribution in [2.45, 2.75) is 27.7 Å². The fourth-order valence-corrected chi connectivity index (χ4v) is 3.36. The van der Waals surface area contributed by atoms with Gasteiger partial charge in [0.15, 0.2) is 11.2 Å². The Kier molecular flexibility index (Phi) is 3.06. The van der Waals surface area contributed by atoms with Crippen LogP contribution in [0.1, 0.15) is 22.5 Å². The normalized spacial score (nSPS) is 11.7. The van der Waals surface area contributed by atoms with Crippen molar-refractivity contribution < 1.29 is 0 Å². The molecule has 3 heterocycles. The molecule has 1 aromatic carbocycles. The second-order valence-corrected chi connectivity index (χ2v) is 6.53. The molecule has 7 nitrogen and oxygen atoms in total. The Morgan fingerprint density at radius 3 is 2.48 bits per heavy atom. The van der Waals surface area contributed by atoms with Gasteiger partial charge >= 0.3 is 5.69 Å². The Labute approximate surface area is 143 Å². The number of imidazole rings is 2. The van der Waals surface area contributed by atoms with Gasteiger partial charge in [-0.15, -0.1) is 0 Å². The Balaban J connectivity index is 2.26. The molecule has 0 saturated heterocycles. The second-order valence-electron chi connectivity index (χ2n) is 6.53. The van der Waals surface area contributed by atoms with E-state index in [1.165, 1.54) is 4.57 Å². The number of nitrogens with one attached hydrogen (secondary N) is 1. The van der Waals surface area contributed by atoms with Gasteiger partial charge in [0.05, 0.1) is 5.69 Å². The third-order valence-corrected chi connectivity index (χ3v) is 4.90. The summed E-state index contributed by atoms with van der Waals surface area (Å²) in [4.78, 5) is 31.3. The minimum atomic E-state index is -0.467. The lowest BCUT2D eigenvalue weighted by Crippen LogP contribution is -2.28. The molecule has 0 fully saturated rings. The van der Waals surface area contributed by atoms with Crippen molar-refractivity contribution in [2.24, 2.45) is 7.05 Å². The van der Waals surface area contributed by atoms with Crippen molar-refractivity contribution in [1.82, 2.24) is 23.5 Å². The topological polar surface area (TPSA) is 77.1 Å². The second kappa shape index (κ2) is 4.95. The van der Waals surface area contributed by atoms with Gasteiger partial charge in [-0.2, -0.15) is 4.98 Å². The quantitative estimate of drug-likeness (QED) is 0.576. The van der Waals surface area contributed by atoms with E-state index < -0.39 is 11.2 Å². The Hall–Kier alpha value is -3.09. The molecular formula is C18H19N5O2. The van der Waals surface area contributed by atoms with E-state index in [2.05, 4.69) is 28.2 Å². The molecule has 0 aliphatic rings. The average Bonchev–Trinajstić information content (AvgIpc) is 3.05. The summed E-state index contributed by atoms with van der Waals surface area (Å²) < 4.78 is 5.23. The maximum Gasteiger partial charge on any atom is 0.329 e. The van der Waals surface area contributed by atoms with Gasteiger partial charge in [0.2, 0.25) is 5.78 Å². The molecule has 0 unspecified atom stereocenters. The standard InChI is InChI=1S/C18H19N5O2/c1-9-6-7-10(2)13(8-9)22-11(3)12(4)23-14-15(19-17(22)23)21(5)18(25)20-16(14)24/h6-8H,1-5H3,(H,20,24,25). The summed E-state index contributed by atoms with van der Waals surface area (Å²) >= 11 is 0. The first kappa shape index (κ1) is 15.4. The van der Waals surface area contributed by atoms with Crippen LogP contribution >= 0.6 is 0 Å². The van der Waals surface area contributed by atoms with Crippen LogP contribution < -0.4 is 11.2 Å². The molecule has 7 heteroatoms. The molecule has 0 saturated carbocycles. The van der Waals surface area contributed by atoms with Crippen LogP contribution in [-0.2, 0) is 7.05 Å². The van der Waals surface area contributed by atoms with E-state index in [0.717, 1.165) is 28.2 Å². The van der Waals surface area contributed by atoms with Gasteiger partial charge in [0.1, 0.15) is 0 Å². The minimum absolute atomic E-state index is 0.380. The average molecular weight is 337 g/mol. The molecule has 1 N–H and O–H groups in total. The van der Waals surface area contributed by atoms with Gasteiger partial charge in [0.25, 0.3) is 5.56 Å². The molecule has 0 aliphatic heterocycles. The van der Waals surface area contributed by atoms with Crippen LogP contribution in [0.15, 0.2) is 27.8 Å². The molecule has 3 aromatic heterocycles. The molecule has 128 valence electrons. The van der Waals surface area contributed by atoms with E-state index in [4.69, 9.17) is 0 Å². The summed E-state index contributed by atoms with van der Waals surface area (Å²) in [5.74, 6) is 0.630. The van der Waals surface area contributed by atoms with E-state index in [9.17, 15) is 9.59 Å². The first-order chi connectivity index (χ1) is 11.8. The van der Waals surface area contributed by atoms with Gasteiger partial charge in [0, 0.05) is 18.4 Å². The van der Waals surface area contributed by atoms with Gasteiger partial charge in [-0.1, -0.05) is 12.1 Å². The van der Waals surface area contributed by atoms with Gasteiger partial charge in [-0.05, 0) is 44.9 Å². The maximum atomic E-state index is 12.4. The summed E-state index contributed by atoms with van der Waals surface area (Å²) in [5.41, 5.74) is 5.08. The zero-order chi connectivity index (χ0) is 18.0. The van der Waals surface area contributed by atoms with E-state index in [1.807, 2.05) is 36.7 Å². The van der Waals surface area contributed by atoms with Crippen molar-refractivity contribution in [3.8, 4) is 5.69 Å². The number of hydrogen-bond acceptors (Lipinski definition) is 3. The van der Waals surface area contributed by atoms with Gasteiger partial charge in [-0.3, -0.25) is 23.3 Å². The van der Waals surface area contributed by atoms with Crippen LogP contribution in [0.25, 0.3) is 22.6 Å². The van der Waals surface area contributed by atoms with Gasteiger partial charge in [-0.25, -0.2) is 4.79 Å². The van der Waals surface area contributed by atoms with Crippen molar-refractivity contribution >= 4 is 16.9 Å². The van der Waals surface area contributed by atoms with Crippen molar-refractivity contribution in [1.29, 1.82) is 0 Å². The highest BCUT2D eigenvalue weighted by atomic mass is 16.2. The monoisotopic (exact) mass is 337 g/mol. The summed E-state index contributed by atoms with van der Waals surface area (Å²) in [6.45, 7) is 8.05. The fraction of sp³-hybridized carbons (Fsp3) is 0.278. The number of aromatic nitrogens is 5. The molecule has 0 radical (unpaired) electrons. The Morgan fingerprint density at radius 2 is 1.76 bits per heavy atom. The van der Waals surface area contributed by atoms with Crippen LogP contribution in [0.3, 0.4) is 0 Å². The predicted octanol–water partition coefficient (Wildman–Crippen LogP) is 1.90. The molecule has 4 rings (SSSR count).